The maximum Gasteiger partial charge on any atom is 0.234 e. The van der Waals surface area contributed by atoms with Crippen molar-refractivity contribution in [2.45, 2.75) is 46.6 Å². The van der Waals surface area contributed by atoms with Crippen LogP contribution in [-0.4, -0.2) is 25.9 Å². The molecule has 0 radical (unpaired) electrons. The van der Waals surface area contributed by atoms with Gasteiger partial charge in [0.2, 0.25) is 4.96 Å². The molecule has 2 heterocycles. The molecule has 2 aromatic rings. The highest BCUT2D eigenvalue weighted by atomic mass is 32.1. The molecular formula is C11H19N5S. The Kier molecular flexibility index (Phi) is 3.18. The van der Waals surface area contributed by atoms with Gasteiger partial charge in [-0.2, -0.15) is 9.61 Å². The van der Waals surface area contributed by atoms with Crippen molar-refractivity contribution in [1.82, 2.24) is 19.8 Å². The minimum absolute atomic E-state index is 0.0968. The van der Waals surface area contributed by atoms with E-state index in [2.05, 4.69) is 43.0 Å². The molecule has 0 fully saturated rings. The molecule has 2 N–H and O–H groups in total. The lowest BCUT2D eigenvalue weighted by molar-refractivity contribution is 0.318. The molecule has 0 amide bonds. The average molecular weight is 253 g/mol. The first kappa shape index (κ1) is 12.4. The Bertz CT molecular complexity index is 507. The number of aryl methyl sites for hydroxylation is 1. The number of rotatable bonds is 3. The zero-order chi connectivity index (χ0) is 12.6. The number of nitrogens with zero attached hydrogens (tertiary/aromatic N) is 4. The van der Waals surface area contributed by atoms with Crippen molar-refractivity contribution >= 4 is 16.3 Å². The molecule has 0 bridgehead atoms. The van der Waals surface area contributed by atoms with E-state index >= 15 is 0 Å². The summed E-state index contributed by atoms with van der Waals surface area (Å²) >= 11 is 1.58. The molecule has 2 rings (SSSR count). The van der Waals surface area contributed by atoms with E-state index in [0.29, 0.717) is 0 Å². The average Bonchev–Trinajstić information content (AvgIpc) is 2.75. The van der Waals surface area contributed by atoms with Crippen LogP contribution in [0.4, 0.5) is 0 Å². The molecule has 0 saturated heterocycles. The minimum atomic E-state index is 0.0968. The third kappa shape index (κ3) is 2.47. The lowest BCUT2D eigenvalue weighted by Crippen LogP contribution is -2.36. The fraction of sp³-hybridized carbons (Fsp3) is 0.727. The highest BCUT2D eigenvalue weighted by Crippen LogP contribution is 2.23. The normalized spacial score (nSPS) is 14.4. The Balaban J connectivity index is 2.23. The topological polar surface area (TPSA) is 69.1 Å². The summed E-state index contributed by atoms with van der Waals surface area (Å²) < 4.78 is 1.83. The fourth-order valence-corrected chi connectivity index (χ4v) is 2.40. The van der Waals surface area contributed by atoms with Gasteiger partial charge in [-0.25, -0.2) is 0 Å². The molecule has 0 aromatic carbocycles. The van der Waals surface area contributed by atoms with Crippen LogP contribution in [0.3, 0.4) is 0 Å². The summed E-state index contributed by atoms with van der Waals surface area (Å²) in [4.78, 5) is 0.859. The molecule has 5 nitrogen and oxygen atoms in total. The van der Waals surface area contributed by atoms with Crippen LogP contribution >= 0.6 is 11.3 Å². The minimum Gasteiger partial charge on any atom is -0.327 e. The molecule has 1 atom stereocenters. The smallest absolute Gasteiger partial charge is 0.234 e. The molecule has 6 heteroatoms. The molecule has 94 valence electrons. The van der Waals surface area contributed by atoms with Gasteiger partial charge in [0.05, 0.1) is 0 Å². The first-order valence-electron chi connectivity index (χ1n) is 5.87. The molecule has 0 aliphatic heterocycles. The number of aromatic nitrogens is 4. The Hall–Kier alpha value is -1.01. The summed E-state index contributed by atoms with van der Waals surface area (Å²) in [6, 6.07) is 0.108. The van der Waals surface area contributed by atoms with Gasteiger partial charge >= 0.3 is 0 Å². The second-order valence-corrected chi connectivity index (χ2v) is 6.38. The second-order valence-electron chi connectivity index (χ2n) is 5.34. The van der Waals surface area contributed by atoms with Gasteiger partial charge in [-0.05, 0) is 5.41 Å². The van der Waals surface area contributed by atoms with E-state index in [1.807, 2.05) is 4.52 Å². The van der Waals surface area contributed by atoms with Gasteiger partial charge in [-0.1, -0.05) is 39.0 Å². The molecule has 0 spiro atoms. The van der Waals surface area contributed by atoms with Crippen molar-refractivity contribution in [3.63, 3.8) is 0 Å². The van der Waals surface area contributed by atoms with E-state index in [0.717, 1.165) is 28.6 Å². The molecule has 0 aliphatic rings. The summed E-state index contributed by atoms with van der Waals surface area (Å²) in [7, 11) is 0. The maximum atomic E-state index is 6.17. The monoisotopic (exact) mass is 253 g/mol. The zero-order valence-corrected chi connectivity index (χ0v) is 11.6. The Morgan fingerprint density at radius 2 is 2.06 bits per heavy atom. The molecule has 17 heavy (non-hydrogen) atoms. The van der Waals surface area contributed by atoms with Crippen molar-refractivity contribution in [1.29, 1.82) is 0 Å². The Morgan fingerprint density at radius 3 is 2.65 bits per heavy atom. The van der Waals surface area contributed by atoms with Gasteiger partial charge in [0, 0.05) is 18.9 Å². The standard InChI is InChI=1S/C11H19N5S/c1-5-8-13-14-10-16(8)15-9(17-10)6-7(12)11(2,3)4/h7H,5-6,12H2,1-4H3. The van der Waals surface area contributed by atoms with E-state index < -0.39 is 0 Å². The van der Waals surface area contributed by atoms with Gasteiger partial charge in [0.25, 0.3) is 0 Å². The first-order chi connectivity index (χ1) is 7.91. The predicted octanol–water partition coefficient (Wildman–Crippen LogP) is 1.66. The van der Waals surface area contributed by atoms with Gasteiger partial charge in [-0.3, -0.25) is 0 Å². The molecule has 0 saturated carbocycles. The van der Waals surface area contributed by atoms with Crippen molar-refractivity contribution in [2.24, 2.45) is 11.1 Å². The van der Waals surface area contributed by atoms with E-state index in [-0.39, 0.29) is 11.5 Å². The first-order valence-corrected chi connectivity index (χ1v) is 6.69. The van der Waals surface area contributed by atoms with Crippen LogP contribution in [-0.2, 0) is 12.8 Å². The molecular weight excluding hydrogens is 234 g/mol. The van der Waals surface area contributed by atoms with Crippen LogP contribution in [0.2, 0.25) is 0 Å². The highest BCUT2D eigenvalue weighted by molar-refractivity contribution is 7.16. The molecule has 2 aromatic heterocycles. The zero-order valence-electron chi connectivity index (χ0n) is 10.8. The summed E-state index contributed by atoms with van der Waals surface area (Å²) in [5, 5.41) is 13.7. The SMILES string of the molecule is CCc1nnc2sc(CC(N)C(C)(C)C)nn12. The number of hydrogen-bond acceptors (Lipinski definition) is 5. The van der Waals surface area contributed by atoms with E-state index in [1.165, 1.54) is 0 Å². The summed E-state index contributed by atoms with van der Waals surface area (Å²) in [6.07, 6.45) is 1.64. The highest BCUT2D eigenvalue weighted by Gasteiger charge is 2.22. The lowest BCUT2D eigenvalue weighted by Gasteiger charge is -2.25. The van der Waals surface area contributed by atoms with E-state index in [4.69, 9.17) is 5.73 Å². The Labute approximate surface area is 105 Å². The van der Waals surface area contributed by atoms with Gasteiger partial charge < -0.3 is 5.73 Å². The van der Waals surface area contributed by atoms with Crippen molar-refractivity contribution in [2.75, 3.05) is 0 Å². The lowest BCUT2D eigenvalue weighted by atomic mass is 9.86. The summed E-state index contributed by atoms with van der Waals surface area (Å²) in [5.74, 6) is 0.909. The third-order valence-electron chi connectivity index (χ3n) is 2.92. The second kappa shape index (κ2) is 4.34. The number of hydrogen-bond donors (Lipinski definition) is 1. The molecule has 1 unspecified atom stereocenters. The molecule has 0 aliphatic carbocycles. The van der Waals surface area contributed by atoms with Crippen LogP contribution in [0.5, 0.6) is 0 Å². The number of fused-ring (bicyclic) bond motifs is 1. The quantitative estimate of drug-likeness (QED) is 0.903. The van der Waals surface area contributed by atoms with Crippen LogP contribution in [0, 0.1) is 5.41 Å². The van der Waals surface area contributed by atoms with Crippen molar-refractivity contribution in [3.8, 4) is 0 Å². The summed E-state index contributed by atoms with van der Waals surface area (Å²) in [6.45, 7) is 8.50. The Morgan fingerprint density at radius 1 is 1.35 bits per heavy atom. The van der Waals surface area contributed by atoms with Gasteiger partial charge in [0.1, 0.15) is 5.01 Å². The van der Waals surface area contributed by atoms with Crippen LogP contribution in [0.1, 0.15) is 38.5 Å². The van der Waals surface area contributed by atoms with Crippen LogP contribution in [0.15, 0.2) is 0 Å². The fourth-order valence-electron chi connectivity index (χ4n) is 1.49. The van der Waals surface area contributed by atoms with Crippen LogP contribution in [0.25, 0.3) is 4.96 Å². The van der Waals surface area contributed by atoms with E-state index in [1.54, 1.807) is 11.3 Å². The maximum absolute atomic E-state index is 6.17. The van der Waals surface area contributed by atoms with Gasteiger partial charge in [-0.15, -0.1) is 10.2 Å². The third-order valence-corrected chi connectivity index (χ3v) is 3.84. The largest absolute Gasteiger partial charge is 0.327 e. The summed E-state index contributed by atoms with van der Waals surface area (Å²) in [5.41, 5.74) is 6.26. The van der Waals surface area contributed by atoms with Crippen molar-refractivity contribution < 1.29 is 0 Å². The van der Waals surface area contributed by atoms with Crippen LogP contribution < -0.4 is 5.73 Å². The number of nitrogens with two attached hydrogens (primary N) is 1. The van der Waals surface area contributed by atoms with Gasteiger partial charge in [0.15, 0.2) is 5.82 Å². The van der Waals surface area contributed by atoms with Crippen molar-refractivity contribution in [3.05, 3.63) is 10.8 Å². The predicted molar refractivity (Wildman–Crippen MR) is 69.2 cm³/mol. The van der Waals surface area contributed by atoms with E-state index in [9.17, 15) is 0 Å².